The molecule has 5 heteroatoms. The minimum Gasteiger partial charge on any atom is -0.278 e. The Hall–Kier alpha value is -2.95. The van der Waals surface area contributed by atoms with Crippen LogP contribution in [0.15, 0.2) is 59.7 Å². The van der Waals surface area contributed by atoms with Gasteiger partial charge < -0.3 is 0 Å². The Kier molecular flexibility index (Phi) is 4.19. The van der Waals surface area contributed by atoms with Gasteiger partial charge in [-0.3, -0.25) is 5.43 Å². The van der Waals surface area contributed by atoms with E-state index in [1.165, 1.54) is 12.1 Å². The van der Waals surface area contributed by atoms with Gasteiger partial charge in [0.1, 0.15) is 5.82 Å². The van der Waals surface area contributed by atoms with Crippen LogP contribution in [0.3, 0.4) is 0 Å². The summed E-state index contributed by atoms with van der Waals surface area (Å²) in [6.45, 7) is 3.96. The van der Waals surface area contributed by atoms with E-state index >= 15 is 0 Å². The van der Waals surface area contributed by atoms with Gasteiger partial charge in [-0.1, -0.05) is 18.2 Å². The highest BCUT2D eigenvalue weighted by atomic mass is 19.1. The fraction of sp³-hybridized carbons (Fsp3) is 0.111. The van der Waals surface area contributed by atoms with Gasteiger partial charge in [-0.25, -0.2) is 9.07 Å². The summed E-state index contributed by atoms with van der Waals surface area (Å²) in [6.07, 6.45) is 1.74. The molecule has 0 unspecified atom stereocenters. The lowest BCUT2D eigenvalue weighted by Gasteiger charge is -2.03. The van der Waals surface area contributed by atoms with E-state index in [9.17, 15) is 4.39 Å². The van der Waals surface area contributed by atoms with Crippen molar-refractivity contribution in [1.29, 1.82) is 0 Å². The third kappa shape index (κ3) is 3.29. The SMILES string of the molecule is Cc1nn(-c2ccccc2)c(C)c1/C=N\Nc1ccc(F)cc1. The van der Waals surface area contributed by atoms with Gasteiger partial charge in [0.05, 0.1) is 29.0 Å². The highest BCUT2D eigenvalue weighted by Crippen LogP contribution is 2.16. The standard InChI is InChI=1S/C18H17FN4/c1-13-18(12-20-21-16-10-8-15(19)9-11-16)14(2)23(22-13)17-6-4-3-5-7-17/h3-12,21H,1-2H3/b20-12-. The maximum Gasteiger partial charge on any atom is 0.123 e. The first kappa shape index (κ1) is 15.0. The molecule has 116 valence electrons. The predicted octanol–water partition coefficient (Wildman–Crippen LogP) is 4.07. The number of nitrogens with one attached hydrogen (secondary N) is 1. The van der Waals surface area contributed by atoms with Crippen molar-refractivity contribution in [3.8, 4) is 5.69 Å². The molecule has 0 saturated heterocycles. The number of benzene rings is 2. The van der Waals surface area contributed by atoms with E-state index in [0.717, 1.165) is 28.3 Å². The smallest absolute Gasteiger partial charge is 0.123 e. The molecule has 0 spiro atoms. The molecule has 3 aromatic rings. The number of rotatable bonds is 4. The van der Waals surface area contributed by atoms with E-state index in [1.807, 2.05) is 48.9 Å². The second-order valence-electron chi connectivity index (χ2n) is 5.21. The Morgan fingerprint density at radius 1 is 1.04 bits per heavy atom. The van der Waals surface area contributed by atoms with Crippen LogP contribution in [0.25, 0.3) is 5.69 Å². The van der Waals surface area contributed by atoms with Crippen LogP contribution in [0.5, 0.6) is 0 Å². The molecule has 0 aliphatic rings. The van der Waals surface area contributed by atoms with Crippen molar-refractivity contribution in [2.24, 2.45) is 5.10 Å². The number of anilines is 1. The highest BCUT2D eigenvalue weighted by molar-refractivity contribution is 5.83. The van der Waals surface area contributed by atoms with Gasteiger partial charge >= 0.3 is 0 Å². The van der Waals surface area contributed by atoms with Gasteiger partial charge in [0.25, 0.3) is 0 Å². The zero-order valence-corrected chi connectivity index (χ0v) is 13.0. The van der Waals surface area contributed by atoms with Crippen LogP contribution in [0.1, 0.15) is 17.0 Å². The number of hydrogen-bond acceptors (Lipinski definition) is 3. The average Bonchev–Trinajstić information content (AvgIpc) is 2.85. The maximum atomic E-state index is 12.9. The fourth-order valence-electron chi connectivity index (χ4n) is 2.36. The first-order chi connectivity index (χ1) is 11.1. The van der Waals surface area contributed by atoms with Crippen molar-refractivity contribution in [3.05, 3.63) is 77.4 Å². The van der Waals surface area contributed by atoms with E-state index < -0.39 is 0 Å². The van der Waals surface area contributed by atoms with E-state index in [0.29, 0.717) is 0 Å². The number of hydrogen-bond donors (Lipinski definition) is 1. The summed E-state index contributed by atoms with van der Waals surface area (Å²) < 4.78 is 14.8. The lowest BCUT2D eigenvalue weighted by Crippen LogP contribution is -1.99. The molecule has 2 aromatic carbocycles. The number of halogens is 1. The van der Waals surface area contributed by atoms with Gasteiger partial charge in [-0.2, -0.15) is 10.2 Å². The van der Waals surface area contributed by atoms with Crippen molar-refractivity contribution in [1.82, 2.24) is 9.78 Å². The molecule has 0 amide bonds. The zero-order chi connectivity index (χ0) is 16.2. The van der Waals surface area contributed by atoms with E-state index in [2.05, 4.69) is 15.6 Å². The van der Waals surface area contributed by atoms with Crippen LogP contribution in [-0.2, 0) is 0 Å². The molecule has 0 bridgehead atoms. The minimum atomic E-state index is -0.268. The highest BCUT2D eigenvalue weighted by Gasteiger charge is 2.10. The Balaban J connectivity index is 1.82. The molecular weight excluding hydrogens is 291 g/mol. The molecule has 0 radical (unpaired) electrons. The predicted molar refractivity (Wildman–Crippen MR) is 90.7 cm³/mol. The first-order valence-corrected chi connectivity index (χ1v) is 7.31. The van der Waals surface area contributed by atoms with Crippen molar-refractivity contribution in [2.75, 3.05) is 5.43 Å². The van der Waals surface area contributed by atoms with E-state index in [-0.39, 0.29) is 5.82 Å². The average molecular weight is 308 g/mol. The van der Waals surface area contributed by atoms with E-state index in [4.69, 9.17) is 0 Å². The molecule has 0 saturated carbocycles. The molecule has 1 heterocycles. The summed E-state index contributed by atoms with van der Waals surface area (Å²) in [5.74, 6) is -0.268. The molecule has 0 fully saturated rings. The second-order valence-corrected chi connectivity index (χ2v) is 5.21. The monoisotopic (exact) mass is 308 g/mol. The maximum absolute atomic E-state index is 12.9. The Bertz CT molecular complexity index is 820. The normalized spacial score (nSPS) is 11.1. The second kappa shape index (κ2) is 6.44. The number of aryl methyl sites for hydroxylation is 1. The topological polar surface area (TPSA) is 42.2 Å². The molecule has 0 aliphatic heterocycles. The zero-order valence-electron chi connectivity index (χ0n) is 13.0. The van der Waals surface area contributed by atoms with Crippen molar-refractivity contribution in [2.45, 2.75) is 13.8 Å². The number of para-hydroxylation sites is 1. The summed E-state index contributed by atoms with van der Waals surface area (Å²) in [7, 11) is 0. The summed E-state index contributed by atoms with van der Waals surface area (Å²) >= 11 is 0. The third-order valence-electron chi connectivity index (χ3n) is 3.58. The van der Waals surface area contributed by atoms with Crippen LogP contribution in [0.2, 0.25) is 0 Å². The molecule has 23 heavy (non-hydrogen) atoms. The van der Waals surface area contributed by atoms with Crippen LogP contribution in [0.4, 0.5) is 10.1 Å². The summed E-state index contributed by atoms with van der Waals surface area (Å²) in [5, 5.41) is 8.79. The molecule has 0 aliphatic carbocycles. The van der Waals surface area contributed by atoms with Gasteiger partial charge in [0.15, 0.2) is 0 Å². The van der Waals surface area contributed by atoms with Gasteiger partial charge in [-0.15, -0.1) is 0 Å². The molecule has 4 nitrogen and oxygen atoms in total. The largest absolute Gasteiger partial charge is 0.278 e. The van der Waals surface area contributed by atoms with Gasteiger partial charge in [0.2, 0.25) is 0 Å². The minimum absolute atomic E-state index is 0.268. The number of aromatic nitrogens is 2. The van der Waals surface area contributed by atoms with E-state index in [1.54, 1.807) is 18.3 Å². The summed E-state index contributed by atoms with van der Waals surface area (Å²) in [4.78, 5) is 0. The third-order valence-corrected chi connectivity index (χ3v) is 3.58. The Labute approximate surface area is 134 Å². The summed E-state index contributed by atoms with van der Waals surface area (Å²) in [5.41, 5.74) is 7.51. The fourth-order valence-corrected chi connectivity index (χ4v) is 2.36. The Morgan fingerprint density at radius 3 is 2.43 bits per heavy atom. The van der Waals surface area contributed by atoms with Crippen LogP contribution >= 0.6 is 0 Å². The number of hydrazone groups is 1. The summed E-state index contributed by atoms with van der Waals surface area (Å²) in [6, 6.07) is 16.0. The van der Waals surface area contributed by atoms with Gasteiger partial charge in [-0.05, 0) is 50.2 Å². The quantitative estimate of drug-likeness (QED) is 0.583. The molecule has 0 atom stereocenters. The first-order valence-electron chi connectivity index (χ1n) is 7.31. The van der Waals surface area contributed by atoms with Crippen LogP contribution in [0, 0.1) is 19.7 Å². The van der Waals surface area contributed by atoms with Crippen molar-refractivity contribution < 1.29 is 4.39 Å². The molecular formula is C18H17FN4. The molecule has 1 N–H and O–H groups in total. The lowest BCUT2D eigenvalue weighted by atomic mass is 10.2. The molecule has 3 rings (SSSR count). The van der Waals surface area contributed by atoms with Crippen molar-refractivity contribution >= 4 is 11.9 Å². The number of nitrogens with zero attached hydrogens (tertiary/aromatic N) is 3. The van der Waals surface area contributed by atoms with Gasteiger partial charge in [0, 0.05) is 5.56 Å². The van der Waals surface area contributed by atoms with Crippen molar-refractivity contribution in [3.63, 3.8) is 0 Å². The molecule has 1 aromatic heterocycles. The van der Waals surface area contributed by atoms with Crippen LogP contribution < -0.4 is 5.43 Å². The van der Waals surface area contributed by atoms with Crippen LogP contribution in [-0.4, -0.2) is 16.0 Å². The lowest BCUT2D eigenvalue weighted by molar-refractivity contribution is 0.628. The Morgan fingerprint density at radius 2 is 1.74 bits per heavy atom.